The molecule has 1 aliphatic carbocycles. The molecule has 2 atom stereocenters. The summed E-state index contributed by atoms with van der Waals surface area (Å²) >= 11 is 1.75. The number of carbonyl (C=O) groups is 1. The molecule has 1 amide bonds. The van der Waals surface area contributed by atoms with Gasteiger partial charge in [0.2, 0.25) is 0 Å². The molecular weight excluding hydrogens is 426 g/mol. The zero-order chi connectivity index (χ0) is 22.1. The molecule has 0 radical (unpaired) electrons. The van der Waals surface area contributed by atoms with Crippen molar-refractivity contribution < 1.29 is 13.6 Å². The van der Waals surface area contributed by atoms with Gasteiger partial charge >= 0.3 is 0 Å². The van der Waals surface area contributed by atoms with E-state index in [0.29, 0.717) is 12.1 Å². The van der Waals surface area contributed by atoms with Crippen LogP contribution >= 0.6 is 11.3 Å². The number of benzene rings is 2. The van der Waals surface area contributed by atoms with Crippen molar-refractivity contribution in [1.82, 2.24) is 9.80 Å². The summed E-state index contributed by atoms with van der Waals surface area (Å²) in [4.78, 5) is 19.0. The highest BCUT2D eigenvalue weighted by molar-refractivity contribution is 7.09. The van der Waals surface area contributed by atoms with E-state index in [1.807, 2.05) is 17.0 Å². The van der Waals surface area contributed by atoms with Crippen LogP contribution in [-0.4, -0.2) is 41.4 Å². The molecule has 2 heterocycles. The molecule has 0 spiro atoms. The number of amides is 1. The molecule has 1 aromatic heterocycles. The fourth-order valence-corrected chi connectivity index (χ4v) is 5.56. The van der Waals surface area contributed by atoms with Gasteiger partial charge in [-0.2, -0.15) is 0 Å². The molecule has 2 fully saturated rings. The van der Waals surface area contributed by atoms with Crippen LogP contribution in [0, 0.1) is 17.6 Å². The fourth-order valence-electron chi connectivity index (χ4n) is 4.81. The average Bonchev–Trinajstić information content (AvgIpc) is 3.36. The van der Waals surface area contributed by atoms with Gasteiger partial charge in [0.05, 0.1) is 0 Å². The van der Waals surface area contributed by atoms with Gasteiger partial charge in [-0.15, -0.1) is 11.3 Å². The fraction of sp³-hybridized carbons (Fsp3) is 0.346. The van der Waals surface area contributed by atoms with Crippen molar-refractivity contribution in [3.63, 3.8) is 0 Å². The van der Waals surface area contributed by atoms with E-state index in [9.17, 15) is 13.6 Å². The van der Waals surface area contributed by atoms with E-state index >= 15 is 0 Å². The van der Waals surface area contributed by atoms with Gasteiger partial charge in [0.1, 0.15) is 11.6 Å². The Morgan fingerprint density at radius 1 is 1.00 bits per heavy atom. The molecule has 6 heteroatoms. The molecule has 2 unspecified atom stereocenters. The van der Waals surface area contributed by atoms with Crippen molar-refractivity contribution >= 4 is 17.2 Å². The Morgan fingerprint density at radius 2 is 1.81 bits per heavy atom. The third kappa shape index (κ3) is 4.76. The number of rotatable bonds is 7. The van der Waals surface area contributed by atoms with E-state index in [1.165, 1.54) is 29.1 Å². The van der Waals surface area contributed by atoms with Gasteiger partial charge in [0, 0.05) is 48.6 Å². The van der Waals surface area contributed by atoms with E-state index in [2.05, 4.69) is 22.4 Å². The second-order valence-corrected chi connectivity index (χ2v) is 9.92. The summed E-state index contributed by atoms with van der Waals surface area (Å²) in [7, 11) is 0. The topological polar surface area (TPSA) is 23.6 Å². The standard InChI is InChI=1S/C26H26F2N2OS/c27-21-8-6-18(7-9-21)25-17-29(16-24-5-2-12-32-24)14-20(25)15-30(23-10-11-23)26(31)19-3-1-4-22(28)13-19/h1-9,12-13,20,23,25H,10-11,14-17H2. The minimum atomic E-state index is -0.390. The quantitative estimate of drug-likeness (QED) is 0.470. The zero-order valence-corrected chi connectivity index (χ0v) is 18.6. The molecule has 2 aliphatic rings. The minimum absolute atomic E-state index is 0.0958. The highest BCUT2D eigenvalue weighted by atomic mass is 32.1. The Morgan fingerprint density at radius 3 is 2.50 bits per heavy atom. The Hall–Kier alpha value is -2.57. The summed E-state index contributed by atoms with van der Waals surface area (Å²) in [5, 5.41) is 2.09. The van der Waals surface area contributed by atoms with Crippen LogP contribution in [0.4, 0.5) is 8.78 Å². The number of likely N-dealkylation sites (tertiary alicyclic amines) is 1. The van der Waals surface area contributed by atoms with Crippen LogP contribution in [0.2, 0.25) is 0 Å². The molecule has 0 N–H and O–H groups in total. The summed E-state index contributed by atoms with van der Waals surface area (Å²) in [5.74, 6) is -0.268. The van der Waals surface area contributed by atoms with Gasteiger partial charge in [-0.1, -0.05) is 24.3 Å². The first-order valence-corrected chi connectivity index (χ1v) is 12.0. The lowest BCUT2D eigenvalue weighted by Crippen LogP contribution is -2.39. The maximum absolute atomic E-state index is 13.8. The van der Waals surface area contributed by atoms with Crippen molar-refractivity contribution in [2.24, 2.45) is 5.92 Å². The number of hydrogen-bond donors (Lipinski definition) is 0. The normalized spacial score (nSPS) is 21.1. The predicted molar refractivity (Wildman–Crippen MR) is 123 cm³/mol. The van der Waals surface area contributed by atoms with Crippen molar-refractivity contribution in [2.75, 3.05) is 19.6 Å². The highest BCUT2D eigenvalue weighted by Crippen LogP contribution is 2.37. The molecule has 166 valence electrons. The Bertz CT molecular complexity index is 1070. The Labute approximate surface area is 191 Å². The van der Waals surface area contributed by atoms with Crippen molar-refractivity contribution in [2.45, 2.75) is 31.3 Å². The summed E-state index contributed by atoms with van der Waals surface area (Å²) in [5.41, 5.74) is 1.52. The van der Waals surface area contributed by atoms with E-state index in [-0.39, 0.29) is 29.6 Å². The first kappa shape index (κ1) is 21.3. The van der Waals surface area contributed by atoms with Crippen molar-refractivity contribution in [3.8, 4) is 0 Å². The lowest BCUT2D eigenvalue weighted by molar-refractivity contribution is 0.0710. The maximum Gasteiger partial charge on any atom is 0.254 e. The second kappa shape index (κ2) is 9.12. The van der Waals surface area contributed by atoms with Crippen LogP contribution in [0.5, 0.6) is 0 Å². The molecule has 0 bridgehead atoms. The molecule has 1 aliphatic heterocycles. The number of halogens is 2. The van der Waals surface area contributed by atoms with Gasteiger partial charge in [-0.25, -0.2) is 8.78 Å². The zero-order valence-electron chi connectivity index (χ0n) is 17.8. The average molecular weight is 453 g/mol. The lowest BCUT2D eigenvalue weighted by atomic mass is 9.88. The first-order valence-electron chi connectivity index (χ1n) is 11.1. The molecule has 3 aromatic rings. The van der Waals surface area contributed by atoms with Crippen molar-refractivity contribution in [3.05, 3.63) is 93.7 Å². The van der Waals surface area contributed by atoms with E-state index in [0.717, 1.165) is 38.0 Å². The number of carbonyl (C=O) groups excluding carboxylic acids is 1. The smallest absolute Gasteiger partial charge is 0.254 e. The second-order valence-electron chi connectivity index (χ2n) is 8.89. The van der Waals surface area contributed by atoms with E-state index in [1.54, 1.807) is 23.5 Å². The summed E-state index contributed by atoms with van der Waals surface area (Å²) in [6.45, 7) is 3.26. The third-order valence-electron chi connectivity index (χ3n) is 6.53. The summed E-state index contributed by atoms with van der Waals surface area (Å²) in [6.07, 6.45) is 1.99. The first-order chi connectivity index (χ1) is 15.6. The summed E-state index contributed by atoms with van der Waals surface area (Å²) in [6, 6.07) is 17.2. The molecule has 32 heavy (non-hydrogen) atoms. The lowest BCUT2D eigenvalue weighted by Gasteiger charge is -2.29. The molecule has 1 saturated carbocycles. The van der Waals surface area contributed by atoms with Crippen LogP contribution in [0.1, 0.15) is 39.6 Å². The number of nitrogens with zero attached hydrogens (tertiary/aromatic N) is 2. The van der Waals surface area contributed by atoms with Gasteiger partial charge in [-0.3, -0.25) is 9.69 Å². The van der Waals surface area contributed by atoms with E-state index < -0.39 is 5.82 Å². The van der Waals surface area contributed by atoms with Gasteiger partial charge in [0.25, 0.3) is 5.91 Å². The highest BCUT2D eigenvalue weighted by Gasteiger charge is 2.40. The number of hydrogen-bond acceptors (Lipinski definition) is 3. The van der Waals surface area contributed by atoms with Crippen LogP contribution < -0.4 is 0 Å². The van der Waals surface area contributed by atoms with Crippen molar-refractivity contribution in [1.29, 1.82) is 0 Å². The third-order valence-corrected chi connectivity index (χ3v) is 7.39. The molecule has 1 saturated heterocycles. The van der Waals surface area contributed by atoms with Crippen LogP contribution in [-0.2, 0) is 6.54 Å². The molecule has 2 aromatic carbocycles. The maximum atomic E-state index is 13.8. The van der Waals surface area contributed by atoms with Gasteiger partial charge < -0.3 is 4.90 Å². The number of thiophene rings is 1. The predicted octanol–water partition coefficient (Wildman–Crippen LogP) is 5.55. The molecule has 3 nitrogen and oxygen atoms in total. The monoisotopic (exact) mass is 452 g/mol. The van der Waals surface area contributed by atoms with Crippen LogP contribution in [0.3, 0.4) is 0 Å². The Balaban J connectivity index is 1.38. The van der Waals surface area contributed by atoms with Crippen LogP contribution in [0.15, 0.2) is 66.0 Å². The molecule has 5 rings (SSSR count). The summed E-state index contributed by atoms with van der Waals surface area (Å²) < 4.78 is 27.3. The van der Waals surface area contributed by atoms with Gasteiger partial charge in [0.15, 0.2) is 0 Å². The SMILES string of the molecule is O=C(c1cccc(F)c1)N(CC1CN(Cc2cccs2)CC1c1ccc(F)cc1)C1CC1. The largest absolute Gasteiger partial charge is 0.335 e. The molecular formula is C26H26F2N2OS. The van der Waals surface area contributed by atoms with Crippen LogP contribution in [0.25, 0.3) is 0 Å². The Kier molecular flexibility index (Phi) is 6.07. The van der Waals surface area contributed by atoms with E-state index in [4.69, 9.17) is 0 Å². The minimum Gasteiger partial charge on any atom is -0.335 e. The van der Waals surface area contributed by atoms with Gasteiger partial charge in [-0.05, 0) is 66.1 Å².